The van der Waals surface area contributed by atoms with E-state index < -0.39 is 0 Å². The second kappa shape index (κ2) is 6.74. The van der Waals surface area contributed by atoms with Crippen molar-refractivity contribution in [3.8, 4) is 16.9 Å². The summed E-state index contributed by atoms with van der Waals surface area (Å²) in [5.74, 6) is 0.549. The lowest BCUT2D eigenvalue weighted by Crippen LogP contribution is -2.34. The Labute approximate surface area is 141 Å². The Morgan fingerprint density at radius 1 is 1.29 bits per heavy atom. The van der Waals surface area contributed by atoms with Crippen molar-refractivity contribution in [3.05, 3.63) is 48.8 Å². The van der Waals surface area contributed by atoms with Crippen LogP contribution in [0.3, 0.4) is 0 Å². The average molecular weight is 323 g/mol. The normalized spacial score (nSPS) is 11.0. The number of carbonyl (C=O) groups is 1. The van der Waals surface area contributed by atoms with Gasteiger partial charge in [0.15, 0.2) is 6.61 Å². The minimum atomic E-state index is -0.124. The predicted molar refractivity (Wildman–Crippen MR) is 94.9 cm³/mol. The van der Waals surface area contributed by atoms with E-state index in [1.807, 2.05) is 63.6 Å². The van der Waals surface area contributed by atoms with Gasteiger partial charge in [-0.2, -0.15) is 5.10 Å². The van der Waals surface area contributed by atoms with E-state index in [1.165, 1.54) is 0 Å². The van der Waals surface area contributed by atoms with Crippen LogP contribution in [0.5, 0.6) is 5.75 Å². The predicted octanol–water partition coefficient (Wildman–Crippen LogP) is 3.14. The van der Waals surface area contributed by atoms with Crippen LogP contribution in [0.1, 0.15) is 13.8 Å². The van der Waals surface area contributed by atoms with E-state index >= 15 is 0 Å². The molecule has 124 valence electrons. The van der Waals surface area contributed by atoms with E-state index in [9.17, 15) is 4.79 Å². The number of aromatic nitrogens is 2. The number of nitrogens with zero attached hydrogens (tertiary/aromatic N) is 2. The molecule has 3 rings (SSSR count). The monoisotopic (exact) mass is 323 g/mol. The molecule has 0 aliphatic carbocycles. The van der Waals surface area contributed by atoms with Gasteiger partial charge >= 0.3 is 0 Å². The molecular formula is C19H21N3O2. The lowest BCUT2D eigenvalue weighted by Gasteiger charge is -2.12. The molecule has 1 N–H and O–H groups in total. The number of rotatable bonds is 5. The molecule has 0 atom stereocenters. The Bertz CT molecular complexity index is 868. The summed E-state index contributed by atoms with van der Waals surface area (Å²) in [6.07, 6.45) is 3.80. The molecule has 0 fully saturated rings. The van der Waals surface area contributed by atoms with E-state index in [4.69, 9.17) is 4.74 Å². The van der Waals surface area contributed by atoms with E-state index in [-0.39, 0.29) is 18.6 Å². The maximum atomic E-state index is 11.8. The maximum absolute atomic E-state index is 11.8. The highest BCUT2D eigenvalue weighted by Crippen LogP contribution is 2.32. The van der Waals surface area contributed by atoms with Crippen molar-refractivity contribution in [3.63, 3.8) is 0 Å². The first-order valence-electron chi connectivity index (χ1n) is 7.97. The summed E-state index contributed by atoms with van der Waals surface area (Å²) >= 11 is 0. The van der Waals surface area contributed by atoms with Gasteiger partial charge in [0.25, 0.3) is 5.91 Å². The number of carbonyl (C=O) groups excluding carboxylic acids is 1. The van der Waals surface area contributed by atoms with Crippen molar-refractivity contribution in [2.75, 3.05) is 6.61 Å². The second-order valence-corrected chi connectivity index (χ2v) is 6.11. The Hall–Kier alpha value is -2.82. The molecule has 1 heterocycles. The van der Waals surface area contributed by atoms with Gasteiger partial charge in [0.05, 0.1) is 6.20 Å². The highest BCUT2D eigenvalue weighted by Gasteiger charge is 2.10. The number of nitrogens with one attached hydrogen (secondary N) is 1. The fraction of sp³-hybridized carbons (Fsp3) is 0.263. The van der Waals surface area contributed by atoms with E-state index in [2.05, 4.69) is 16.5 Å². The Balaban J connectivity index is 1.93. The minimum absolute atomic E-state index is 0.00298. The van der Waals surface area contributed by atoms with Gasteiger partial charge in [0.2, 0.25) is 0 Å². The highest BCUT2D eigenvalue weighted by atomic mass is 16.5. The van der Waals surface area contributed by atoms with Gasteiger partial charge in [0.1, 0.15) is 5.75 Å². The van der Waals surface area contributed by atoms with Crippen molar-refractivity contribution in [1.29, 1.82) is 0 Å². The molecule has 0 saturated heterocycles. The van der Waals surface area contributed by atoms with E-state index in [1.54, 1.807) is 4.68 Å². The molecule has 0 bridgehead atoms. The fourth-order valence-corrected chi connectivity index (χ4v) is 2.68. The summed E-state index contributed by atoms with van der Waals surface area (Å²) in [5.41, 5.74) is 2.06. The summed E-state index contributed by atoms with van der Waals surface area (Å²) in [5, 5.41) is 9.27. The third kappa shape index (κ3) is 3.56. The summed E-state index contributed by atoms with van der Waals surface area (Å²) < 4.78 is 7.48. The molecule has 3 aromatic rings. The lowest BCUT2D eigenvalue weighted by atomic mass is 10.00. The van der Waals surface area contributed by atoms with Gasteiger partial charge in [0, 0.05) is 24.8 Å². The fourth-order valence-electron chi connectivity index (χ4n) is 2.68. The van der Waals surface area contributed by atoms with Crippen molar-refractivity contribution in [1.82, 2.24) is 15.1 Å². The van der Waals surface area contributed by atoms with Crippen LogP contribution in [0, 0.1) is 0 Å². The number of hydrogen-bond acceptors (Lipinski definition) is 3. The molecule has 2 aromatic carbocycles. The van der Waals surface area contributed by atoms with Gasteiger partial charge in [-0.1, -0.05) is 24.3 Å². The zero-order valence-corrected chi connectivity index (χ0v) is 14.1. The molecule has 1 aromatic heterocycles. The molecular weight excluding hydrogens is 302 g/mol. The van der Waals surface area contributed by atoms with Gasteiger partial charge in [-0.3, -0.25) is 9.48 Å². The van der Waals surface area contributed by atoms with Gasteiger partial charge < -0.3 is 10.1 Å². The van der Waals surface area contributed by atoms with Crippen LogP contribution in [-0.2, 0) is 11.8 Å². The lowest BCUT2D eigenvalue weighted by molar-refractivity contribution is -0.123. The van der Waals surface area contributed by atoms with Crippen LogP contribution in [-0.4, -0.2) is 28.3 Å². The molecule has 0 saturated carbocycles. The number of fused-ring (bicyclic) bond motifs is 1. The molecule has 0 aliphatic rings. The molecule has 5 nitrogen and oxygen atoms in total. The van der Waals surface area contributed by atoms with Crippen LogP contribution >= 0.6 is 0 Å². The second-order valence-electron chi connectivity index (χ2n) is 6.11. The Kier molecular flexibility index (Phi) is 4.51. The third-order valence-electron chi connectivity index (χ3n) is 3.67. The number of ether oxygens (including phenoxy) is 1. The zero-order valence-electron chi connectivity index (χ0n) is 14.1. The molecule has 0 unspecified atom stereocenters. The standard InChI is InChI=1S/C19H21N3O2/c1-13(2)21-19(23)12-24-16-8-14-6-4-5-7-17(14)18(9-16)15-10-20-22(3)11-15/h4-11,13H,12H2,1-3H3,(H,21,23). The quantitative estimate of drug-likeness (QED) is 0.785. The molecule has 5 heteroatoms. The molecule has 1 amide bonds. The first kappa shape index (κ1) is 16.1. The van der Waals surface area contributed by atoms with Crippen molar-refractivity contribution >= 4 is 16.7 Å². The smallest absolute Gasteiger partial charge is 0.258 e. The van der Waals surface area contributed by atoms with Crippen LogP contribution in [0.15, 0.2) is 48.8 Å². The SMILES string of the molecule is CC(C)NC(=O)COc1cc(-c2cnn(C)c2)c2ccccc2c1. The van der Waals surface area contributed by atoms with Crippen LogP contribution in [0.25, 0.3) is 21.9 Å². The molecule has 0 radical (unpaired) electrons. The van der Waals surface area contributed by atoms with Crippen molar-refractivity contribution < 1.29 is 9.53 Å². The summed E-state index contributed by atoms with van der Waals surface area (Å²) in [6, 6.07) is 12.1. The van der Waals surface area contributed by atoms with Crippen LogP contribution < -0.4 is 10.1 Å². The summed E-state index contributed by atoms with van der Waals surface area (Å²) in [6.45, 7) is 3.85. The zero-order chi connectivity index (χ0) is 17.1. The van der Waals surface area contributed by atoms with Crippen molar-refractivity contribution in [2.24, 2.45) is 7.05 Å². The van der Waals surface area contributed by atoms with Gasteiger partial charge in [-0.05, 0) is 42.3 Å². The third-order valence-corrected chi connectivity index (χ3v) is 3.67. The summed E-state index contributed by atoms with van der Waals surface area (Å²) in [4.78, 5) is 11.8. The minimum Gasteiger partial charge on any atom is -0.484 e. The van der Waals surface area contributed by atoms with Crippen LogP contribution in [0.2, 0.25) is 0 Å². The Morgan fingerprint density at radius 2 is 2.08 bits per heavy atom. The highest BCUT2D eigenvalue weighted by molar-refractivity contribution is 5.97. The molecule has 24 heavy (non-hydrogen) atoms. The average Bonchev–Trinajstić information content (AvgIpc) is 2.98. The maximum Gasteiger partial charge on any atom is 0.258 e. The van der Waals surface area contributed by atoms with E-state index in [0.717, 1.165) is 21.9 Å². The number of amides is 1. The van der Waals surface area contributed by atoms with Gasteiger partial charge in [-0.15, -0.1) is 0 Å². The van der Waals surface area contributed by atoms with Crippen molar-refractivity contribution in [2.45, 2.75) is 19.9 Å². The number of benzene rings is 2. The number of hydrogen-bond donors (Lipinski definition) is 1. The topological polar surface area (TPSA) is 56.1 Å². The Morgan fingerprint density at radius 3 is 2.79 bits per heavy atom. The van der Waals surface area contributed by atoms with Crippen LogP contribution in [0.4, 0.5) is 0 Å². The molecule has 0 spiro atoms. The molecule has 0 aliphatic heterocycles. The largest absolute Gasteiger partial charge is 0.484 e. The first-order chi connectivity index (χ1) is 11.5. The van der Waals surface area contributed by atoms with E-state index in [0.29, 0.717) is 5.75 Å². The number of aryl methyl sites for hydroxylation is 1. The summed E-state index contributed by atoms with van der Waals surface area (Å²) in [7, 11) is 1.89. The first-order valence-corrected chi connectivity index (χ1v) is 7.97. The van der Waals surface area contributed by atoms with Gasteiger partial charge in [-0.25, -0.2) is 0 Å².